The maximum atomic E-state index is 11.6. The van der Waals surface area contributed by atoms with Crippen LogP contribution in [-0.4, -0.2) is 24.8 Å². The minimum absolute atomic E-state index is 0.127. The van der Waals surface area contributed by atoms with Gasteiger partial charge in [-0.2, -0.15) is 0 Å². The maximum Gasteiger partial charge on any atom is 0.412 e. The molecule has 2 amide bonds. The zero-order valence-corrected chi connectivity index (χ0v) is 13.2. The quantitative estimate of drug-likeness (QED) is 0.899. The standard InChI is InChI=1S/C14H19ClN2O4/c1-14(2,3)21-13(19)17-8-9-7-10(15)5-6-11(9)20-12(18)16-4/h5-7H,8H2,1-4H3,(H,16,18)(H,17,19). The van der Waals surface area contributed by atoms with Crippen LogP contribution in [0.1, 0.15) is 26.3 Å². The van der Waals surface area contributed by atoms with Crippen LogP contribution in [0.3, 0.4) is 0 Å². The molecule has 0 aliphatic carbocycles. The van der Waals surface area contributed by atoms with E-state index in [-0.39, 0.29) is 6.54 Å². The van der Waals surface area contributed by atoms with Crippen molar-refractivity contribution < 1.29 is 19.1 Å². The smallest absolute Gasteiger partial charge is 0.412 e. The predicted octanol–water partition coefficient (Wildman–Crippen LogP) is 3.08. The highest BCUT2D eigenvalue weighted by atomic mass is 35.5. The monoisotopic (exact) mass is 314 g/mol. The number of alkyl carbamates (subject to hydrolysis) is 1. The summed E-state index contributed by atoms with van der Waals surface area (Å²) in [5.41, 5.74) is -0.0169. The van der Waals surface area contributed by atoms with Crippen molar-refractivity contribution in [1.29, 1.82) is 0 Å². The molecular formula is C14H19ClN2O4. The first-order valence-corrected chi connectivity index (χ1v) is 6.74. The second kappa shape index (κ2) is 7.17. The van der Waals surface area contributed by atoms with E-state index in [1.54, 1.807) is 39.0 Å². The second-order valence-corrected chi connectivity index (χ2v) is 5.68. The largest absolute Gasteiger partial charge is 0.444 e. The molecule has 0 aromatic heterocycles. The molecule has 0 aliphatic rings. The first-order valence-electron chi connectivity index (χ1n) is 6.36. The van der Waals surface area contributed by atoms with E-state index in [4.69, 9.17) is 21.1 Å². The summed E-state index contributed by atoms with van der Waals surface area (Å²) in [6.45, 7) is 5.44. The summed E-state index contributed by atoms with van der Waals surface area (Å²) in [5, 5.41) is 5.40. The number of carbonyl (C=O) groups excluding carboxylic acids is 2. The molecule has 1 aromatic carbocycles. The lowest BCUT2D eigenvalue weighted by Gasteiger charge is -2.20. The topological polar surface area (TPSA) is 76.7 Å². The predicted molar refractivity (Wildman–Crippen MR) is 79.6 cm³/mol. The Hall–Kier alpha value is -1.95. The van der Waals surface area contributed by atoms with Crippen LogP contribution in [0.4, 0.5) is 9.59 Å². The Morgan fingerprint density at radius 1 is 1.24 bits per heavy atom. The van der Waals surface area contributed by atoms with Crippen LogP contribution in [0.5, 0.6) is 5.75 Å². The summed E-state index contributed by atoms with van der Waals surface area (Å²) in [6.07, 6.45) is -1.16. The summed E-state index contributed by atoms with van der Waals surface area (Å²) in [7, 11) is 1.46. The molecule has 0 spiro atoms. The van der Waals surface area contributed by atoms with Gasteiger partial charge in [0.05, 0.1) is 0 Å². The van der Waals surface area contributed by atoms with E-state index >= 15 is 0 Å². The van der Waals surface area contributed by atoms with Crippen molar-refractivity contribution in [1.82, 2.24) is 10.6 Å². The van der Waals surface area contributed by atoms with Gasteiger partial charge in [0.15, 0.2) is 0 Å². The van der Waals surface area contributed by atoms with Crippen LogP contribution in [0.25, 0.3) is 0 Å². The zero-order valence-electron chi connectivity index (χ0n) is 12.5. The van der Waals surface area contributed by atoms with Gasteiger partial charge in [-0.25, -0.2) is 9.59 Å². The van der Waals surface area contributed by atoms with E-state index in [0.717, 1.165) is 0 Å². The minimum Gasteiger partial charge on any atom is -0.444 e. The van der Waals surface area contributed by atoms with Crippen LogP contribution in [0.15, 0.2) is 18.2 Å². The van der Waals surface area contributed by atoms with E-state index in [1.165, 1.54) is 7.05 Å². The van der Waals surface area contributed by atoms with Crippen molar-refractivity contribution >= 4 is 23.8 Å². The molecule has 1 aromatic rings. The fourth-order valence-electron chi connectivity index (χ4n) is 1.42. The number of halogens is 1. The third kappa shape index (κ3) is 6.35. The molecule has 0 radical (unpaired) electrons. The molecule has 21 heavy (non-hydrogen) atoms. The van der Waals surface area contributed by atoms with Gasteiger partial charge < -0.3 is 20.1 Å². The molecule has 7 heteroatoms. The van der Waals surface area contributed by atoms with Gasteiger partial charge in [-0.05, 0) is 39.0 Å². The summed E-state index contributed by atoms with van der Waals surface area (Å²) in [6, 6.07) is 4.76. The highest BCUT2D eigenvalue weighted by Gasteiger charge is 2.16. The first-order chi connectivity index (χ1) is 9.71. The molecule has 0 atom stereocenters. The van der Waals surface area contributed by atoms with Crippen molar-refractivity contribution in [3.63, 3.8) is 0 Å². The first kappa shape index (κ1) is 17.1. The maximum absolute atomic E-state index is 11.6. The number of rotatable bonds is 3. The highest BCUT2D eigenvalue weighted by Crippen LogP contribution is 2.23. The number of nitrogens with one attached hydrogen (secondary N) is 2. The van der Waals surface area contributed by atoms with E-state index < -0.39 is 17.8 Å². The molecule has 0 bridgehead atoms. The van der Waals surface area contributed by atoms with Gasteiger partial charge in [0.25, 0.3) is 0 Å². The Morgan fingerprint density at radius 2 is 1.90 bits per heavy atom. The molecule has 0 unspecified atom stereocenters. The lowest BCUT2D eigenvalue weighted by Crippen LogP contribution is -2.32. The average molecular weight is 315 g/mol. The Bertz CT molecular complexity index is 526. The summed E-state index contributed by atoms with van der Waals surface area (Å²) < 4.78 is 10.2. The van der Waals surface area contributed by atoms with Gasteiger partial charge >= 0.3 is 12.2 Å². The third-order valence-electron chi connectivity index (χ3n) is 2.25. The molecule has 0 heterocycles. The van der Waals surface area contributed by atoms with Gasteiger partial charge in [0.2, 0.25) is 0 Å². The number of carbonyl (C=O) groups is 2. The normalized spacial score (nSPS) is 10.7. The Kier molecular flexibility index (Phi) is 5.84. The fraction of sp³-hybridized carbons (Fsp3) is 0.429. The van der Waals surface area contributed by atoms with Gasteiger partial charge in [-0.1, -0.05) is 11.6 Å². The summed E-state index contributed by atoms with van der Waals surface area (Å²) >= 11 is 5.91. The van der Waals surface area contributed by atoms with Crippen molar-refractivity contribution in [2.75, 3.05) is 7.05 Å². The van der Waals surface area contributed by atoms with E-state index in [1.807, 2.05) is 0 Å². The zero-order chi connectivity index (χ0) is 16.0. The van der Waals surface area contributed by atoms with E-state index in [9.17, 15) is 9.59 Å². The lowest BCUT2D eigenvalue weighted by atomic mass is 10.2. The van der Waals surface area contributed by atoms with Crippen molar-refractivity contribution in [2.45, 2.75) is 32.9 Å². The molecule has 6 nitrogen and oxygen atoms in total. The molecule has 1 rings (SSSR count). The molecule has 2 N–H and O–H groups in total. The van der Waals surface area contributed by atoms with E-state index in [2.05, 4.69) is 10.6 Å². The van der Waals surface area contributed by atoms with Crippen molar-refractivity contribution in [3.05, 3.63) is 28.8 Å². The molecule has 0 aliphatic heterocycles. The highest BCUT2D eigenvalue weighted by molar-refractivity contribution is 6.30. The van der Waals surface area contributed by atoms with Gasteiger partial charge in [0.1, 0.15) is 11.4 Å². The average Bonchev–Trinajstić information content (AvgIpc) is 2.36. The van der Waals surface area contributed by atoms with Gasteiger partial charge in [0, 0.05) is 24.2 Å². The SMILES string of the molecule is CNC(=O)Oc1ccc(Cl)cc1CNC(=O)OC(C)(C)C. The Labute approximate surface area is 128 Å². The fourth-order valence-corrected chi connectivity index (χ4v) is 1.61. The van der Waals surface area contributed by atoms with E-state index in [0.29, 0.717) is 16.3 Å². The molecule has 0 fully saturated rings. The van der Waals surface area contributed by atoms with Crippen LogP contribution in [0.2, 0.25) is 5.02 Å². The number of amides is 2. The third-order valence-corrected chi connectivity index (χ3v) is 2.49. The number of hydrogen-bond acceptors (Lipinski definition) is 4. The Morgan fingerprint density at radius 3 is 2.48 bits per heavy atom. The minimum atomic E-state index is -0.601. The van der Waals surface area contributed by atoms with Crippen LogP contribution in [0, 0.1) is 0 Å². The molecule has 116 valence electrons. The summed E-state index contributed by atoms with van der Waals surface area (Å²) in [5.74, 6) is 0.315. The molecule has 0 saturated heterocycles. The van der Waals surface area contributed by atoms with Crippen LogP contribution >= 0.6 is 11.6 Å². The lowest BCUT2D eigenvalue weighted by molar-refractivity contribution is 0.0523. The molecular weight excluding hydrogens is 296 g/mol. The van der Waals surface area contributed by atoms with Crippen LogP contribution < -0.4 is 15.4 Å². The molecule has 0 saturated carbocycles. The Balaban J connectivity index is 2.75. The summed E-state index contributed by atoms with van der Waals surface area (Å²) in [4.78, 5) is 22.9. The number of benzene rings is 1. The number of ether oxygens (including phenoxy) is 2. The van der Waals surface area contributed by atoms with Crippen molar-refractivity contribution in [3.8, 4) is 5.75 Å². The second-order valence-electron chi connectivity index (χ2n) is 5.25. The van der Waals surface area contributed by atoms with Crippen LogP contribution in [-0.2, 0) is 11.3 Å². The van der Waals surface area contributed by atoms with Crippen molar-refractivity contribution in [2.24, 2.45) is 0 Å². The number of hydrogen-bond donors (Lipinski definition) is 2. The van der Waals surface area contributed by atoms with Gasteiger partial charge in [-0.3, -0.25) is 0 Å². The van der Waals surface area contributed by atoms with Gasteiger partial charge in [-0.15, -0.1) is 0 Å².